The minimum Gasteiger partial charge on any atom is -0.387 e. The highest BCUT2D eigenvalue weighted by Gasteiger charge is 2.49. The molecular formula is C15H25N7O7S2. The second kappa shape index (κ2) is 9.68. The van der Waals surface area contributed by atoms with Crippen molar-refractivity contribution in [3.8, 4) is 0 Å². The number of carbonyl (C=O) groups excluding carboxylic acids is 1. The number of aliphatic hydroxyl groups is 2. The summed E-state index contributed by atoms with van der Waals surface area (Å²) in [5.41, 5.74) is 11.8. The SMILES string of the molecule is CSCC[C@@H](N)C(=O)NS(=O)(=O)OC[C@@H]1O[C@@H](N2C=NC3=C(N)NC=N[C@H]32)[C@H](O)[C@H]1O. The zero-order valence-corrected chi connectivity index (χ0v) is 18.1. The predicted octanol–water partition coefficient (Wildman–Crippen LogP) is -3.68. The van der Waals surface area contributed by atoms with Gasteiger partial charge in [-0.2, -0.15) is 20.2 Å². The molecule has 0 unspecified atom stereocenters. The summed E-state index contributed by atoms with van der Waals surface area (Å²) in [5.74, 6) is -0.0431. The van der Waals surface area contributed by atoms with E-state index in [0.29, 0.717) is 17.9 Å². The van der Waals surface area contributed by atoms with Crippen LogP contribution in [0.15, 0.2) is 21.5 Å². The quantitative estimate of drug-likeness (QED) is 0.189. The molecule has 0 saturated carbocycles. The van der Waals surface area contributed by atoms with Crippen molar-refractivity contribution in [1.29, 1.82) is 0 Å². The van der Waals surface area contributed by atoms with Crippen LogP contribution in [0.5, 0.6) is 0 Å². The van der Waals surface area contributed by atoms with E-state index in [2.05, 4.69) is 15.3 Å². The number of nitrogens with two attached hydrogens (primary N) is 2. The van der Waals surface area contributed by atoms with E-state index in [1.54, 1.807) is 4.72 Å². The van der Waals surface area contributed by atoms with Gasteiger partial charge in [-0.3, -0.25) is 8.98 Å². The van der Waals surface area contributed by atoms with E-state index in [9.17, 15) is 23.4 Å². The van der Waals surface area contributed by atoms with Crippen molar-refractivity contribution in [3.63, 3.8) is 0 Å². The molecule has 6 atom stereocenters. The molecule has 174 valence electrons. The molecule has 3 heterocycles. The van der Waals surface area contributed by atoms with Crippen LogP contribution >= 0.6 is 11.8 Å². The molecule has 0 aromatic rings. The van der Waals surface area contributed by atoms with Crippen molar-refractivity contribution in [1.82, 2.24) is 14.9 Å². The van der Waals surface area contributed by atoms with Crippen LogP contribution in [0.2, 0.25) is 0 Å². The van der Waals surface area contributed by atoms with Crippen LogP contribution in [-0.4, -0.2) is 97.5 Å². The van der Waals surface area contributed by atoms with E-state index < -0.39 is 59.6 Å². The molecule has 0 aromatic heterocycles. The summed E-state index contributed by atoms with van der Waals surface area (Å²) in [5, 5.41) is 23.4. The minimum absolute atomic E-state index is 0.282. The second-order valence-electron chi connectivity index (χ2n) is 6.93. The molecule has 0 spiro atoms. The van der Waals surface area contributed by atoms with E-state index >= 15 is 0 Å². The fourth-order valence-corrected chi connectivity index (χ4v) is 4.35. The van der Waals surface area contributed by atoms with E-state index in [1.165, 1.54) is 29.3 Å². The van der Waals surface area contributed by atoms with Gasteiger partial charge in [0.15, 0.2) is 12.4 Å². The Hall–Kier alpha value is -1.95. The standard InChI is InChI=1S/C15H25N7O7S2/c1-30-3-2-7(16)14(25)21-31(26,27)28-4-8-10(23)11(24)15(29-8)22-6-20-9-12(17)18-5-19-13(9)22/h5-8,10-11,13,15,23-24H,2-4,16-17H2,1H3,(H,18,19)(H,21,25)/t7-,8+,10+,11-,13+,15-/m1/s1. The number of nitrogens with zero attached hydrogens (tertiary/aromatic N) is 3. The summed E-state index contributed by atoms with van der Waals surface area (Å²) in [4.78, 5) is 21.6. The lowest BCUT2D eigenvalue weighted by molar-refractivity contribution is -0.120. The maximum Gasteiger partial charge on any atom is 0.362 e. The van der Waals surface area contributed by atoms with Gasteiger partial charge in [0.1, 0.15) is 29.8 Å². The van der Waals surface area contributed by atoms with E-state index in [-0.39, 0.29) is 5.82 Å². The van der Waals surface area contributed by atoms with Gasteiger partial charge in [-0.1, -0.05) is 0 Å². The van der Waals surface area contributed by atoms with Crippen molar-refractivity contribution in [2.75, 3.05) is 18.6 Å². The third-order valence-corrected chi connectivity index (χ3v) is 6.32. The molecule has 1 amide bonds. The van der Waals surface area contributed by atoms with Gasteiger partial charge >= 0.3 is 10.3 Å². The highest BCUT2D eigenvalue weighted by Crippen LogP contribution is 2.31. The first kappa shape index (κ1) is 23.7. The van der Waals surface area contributed by atoms with Crippen molar-refractivity contribution >= 4 is 40.7 Å². The molecule has 1 fully saturated rings. The van der Waals surface area contributed by atoms with Gasteiger partial charge < -0.3 is 36.6 Å². The normalized spacial score (nSPS) is 31.0. The van der Waals surface area contributed by atoms with E-state index in [0.717, 1.165) is 0 Å². The Morgan fingerprint density at radius 3 is 2.94 bits per heavy atom. The number of ether oxygens (including phenoxy) is 1. The monoisotopic (exact) mass is 479 g/mol. The molecule has 0 aromatic carbocycles. The Balaban J connectivity index is 1.57. The van der Waals surface area contributed by atoms with Crippen LogP contribution in [0.25, 0.3) is 0 Å². The Morgan fingerprint density at radius 1 is 1.48 bits per heavy atom. The third kappa shape index (κ3) is 5.28. The van der Waals surface area contributed by atoms with Crippen molar-refractivity contribution in [2.24, 2.45) is 21.5 Å². The third-order valence-electron chi connectivity index (χ3n) is 4.78. The number of fused-ring (bicyclic) bond motifs is 1. The topological polar surface area (TPSA) is 214 Å². The first-order valence-electron chi connectivity index (χ1n) is 9.21. The molecule has 3 rings (SSSR count). The van der Waals surface area contributed by atoms with Gasteiger partial charge in [0, 0.05) is 0 Å². The molecular weight excluding hydrogens is 454 g/mol. The van der Waals surface area contributed by atoms with Crippen molar-refractivity contribution in [3.05, 3.63) is 11.5 Å². The van der Waals surface area contributed by atoms with E-state index in [4.69, 9.17) is 20.4 Å². The average molecular weight is 480 g/mol. The van der Waals surface area contributed by atoms with Crippen LogP contribution in [0.1, 0.15) is 6.42 Å². The van der Waals surface area contributed by atoms with Crippen molar-refractivity contribution in [2.45, 2.75) is 43.2 Å². The van der Waals surface area contributed by atoms with Gasteiger partial charge in [-0.25, -0.2) is 14.7 Å². The lowest BCUT2D eigenvalue weighted by Gasteiger charge is -2.30. The Morgan fingerprint density at radius 2 is 2.23 bits per heavy atom. The molecule has 0 bridgehead atoms. The predicted molar refractivity (Wildman–Crippen MR) is 112 cm³/mol. The number of rotatable bonds is 9. The smallest absolute Gasteiger partial charge is 0.362 e. The van der Waals surface area contributed by atoms with Gasteiger partial charge in [-0.15, -0.1) is 0 Å². The minimum atomic E-state index is -4.50. The van der Waals surface area contributed by atoms with Crippen LogP contribution in [0, 0.1) is 0 Å². The van der Waals surface area contributed by atoms with Crippen LogP contribution in [-0.2, 0) is 24.0 Å². The number of hydrogen-bond donors (Lipinski definition) is 6. The van der Waals surface area contributed by atoms with Crippen LogP contribution in [0.3, 0.4) is 0 Å². The average Bonchev–Trinajstić information content (AvgIpc) is 3.27. The number of aliphatic imine (C=N–C) groups is 2. The number of hydrogen-bond acceptors (Lipinski definition) is 14. The summed E-state index contributed by atoms with van der Waals surface area (Å²) in [7, 11) is -4.50. The zero-order chi connectivity index (χ0) is 22.8. The number of aliphatic hydroxyl groups excluding tert-OH is 2. The lowest BCUT2D eigenvalue weighted by atomic mass is 10.1. The second-order valence-corrected chi connectivity index (χ2v) is 9.26. The lowest BCUT2D eigenvalue weighted by Crippen LogP contribution is -2.47. The fourth-order valence-electron chi connectivity index (χ4n) is 3.09. The summed E-state index contributed by atoms with van der Waals surface area (Å²) >= 11 is 1.47. The largest absolute Gasteiger partial charge is 0.387 e. The first-order chi connectivity index (χ1) is 14.6. The Labute approximate surface area is 183 Å². The summed E-state index contributed by atoms with van der Waals surface area (Å²) in [6, 6.07) is -1.01. The summed E-state index contributed by atoms with van der Waals surface area (Å²) in [6.45, 7) is -0.650. The summed E-state index contributed by atoms with van der Waals surface area (Å²) in [6.07, 6.45) is -1.01. The van der Waals surface area contributed by atoms with Crippen LogP contribution < -0.4 is 21.5 Å². The van der Waals surface area contributed by atoms with Gasteiger partial charge in [0.2, 0.25) is 0 Å². The molecule has 0 aliphatic carbocycles. The molecule has 14 nitrogen and oxygen atoms in total. The molecule has 16 heteroatoms. The van der Waals surface area contributed by atoms with Gasteiger partial charge in [0.25, 0.3) is 5.91 Å². The number of nitrogens with one attached hydrogen (secondary N) is 2. The molecule has 1 saturated heterocycles. The number of carbonyl (C=O) groups is 1. The van der Waals surface area contributed by atoms with Crippen LogP contribution in [0.4, 0.5) is 0 Å². The van der Waals surface area contributed by atoms with Gasteiger partial charge in [-0.05, 0) is 18.4 Å². The molecule has 3 aliphatic rings. The molecule has 8 N–H and O–H groups in total. The molecule has 0 radical (unpaired) electrons. The van der Waals surface area contributed by atoms with Crippen molar-refractivity contribution < 1.29 is 32.3 Å². The zero-order valence-electron chi connectivity index (χ0n) is 16.5. The first-order valence-corrected chi connectivity index (χ1v) is 12.0. The molecule has 31 heavy (non-hydrogen) atoms. The fraction of sp³-hybridized carbons (Fsp3) is 0.667. The summed E-state index contributed by atoms with van der Waals surface area (Å²) < 4.78 is 36.1. The van der Waals surface area contributed by atoms with Gasteiger partial charge in [0.05, 0.1) is 25.3 Å². The Bertz CT molecular complexity index is 881. The Kier molecular flexibility index (Phi) is 7.40. The highest BCUT2D eigenvalue weighted by molar-refractivity contribution is 7.98. The maximum atomic E-state index is 12.0. The molecule has 3 aliphatic heterocycles. The highest BCUT2D eigenvalue weighted by atomic mass is 32.2. The number of thioether (sulfide) groups is 1. The maximum absolute atomic E-state index is 12.0. The number of amides is 1. The van der Waals surface area contributed by atoms with E-state index in [1.807, 2.05) is 6.26 Å².